The van der Waals surface area contributed by atoms with E-state index in [4.69, 9.17) is 0 Å². The Morgan fingerprint density at radius 1 is 1.44 bits per heavy atom. The molecule has 0 aromatic heterocycles. The Bertz CT molecular complexity index is 502. The van der Waals surface area contributed by atoms with E-state index in [1.807, 2.05) is 0 Å². The molecule has 0 fully saturated rings. The van der Waals surface area contributed by atoms with Gasteiger partial charge in [-0.3, -0.25) is 0 Å². The molecule has 102 valence electrons. The van der Waals surface area contributed by atoms with Crippen LogP contribution in [-0.4, -0.2) is 25.0 Å². The zero-order valence-electron chi connectivity index (χ0n) is 10.1. The summed E-state index contributed by atoms with van der Waals surface area (Å²) in [6.45, 7) is 1.59. The van der Waals surface area contributed by atoms with E-state index >= 15 is 0 Å². The molecule has 0 aliphatic carbocycles. The molecule has 1 aromatic carbocycles. The fourth-order valence-electron chi connectivity index (χ4n) is 1.57. The fraction of sp³-hybridized carbons (Fsp3) is 0.500. The van der Waals surface area contributed by atoms with E-state index in [1.54, 1.807) is 13.0 Å². The molecular formula is C12H16BrFO3S. The van der Waals surface area contributed by atoms with Crippen molar-refractivity contribution in [3.63, 3.8) is 0 Å². The zero-order chi connectivity index (χ0) is 13.8. The Morgan fingerprint density at radius 2 is 2.11 bits per heavy atom. The number of hydrogen-bond acceptors (Lipinski definition) is 3. The second-order valence-corrected chi connectivity index (χ2v) is 7.30. The van der Waals surface area contributed by atoms with Crippen LogP contribution in [-0.2, 0) is 9.84 Å². The Hall–Kier alpha value is -0.460. The lowest BCUT2D eigenvalue weighted by Crippen LogP contribution is -2.10. The van der Waals surface area contributed by atoms with E-state index in [0.29, 0.717) is 18.4 Å². The van der Waals surface area contributed by atoms with Gasteiger partial charge in [-0.05, 0) is 40.4 Å². The first kappa shape index (κ1) is 15.6. The summed E-state index contributed by atoms with van der Waals surface area (Å²) in [5.41, 5.74) is 0.448. The highest BCUT2D eigenvalue weighted by atomic mass is 79.9. The number of sulfone groups is 1. The van der Waals surface area contributed by atoms with Crippen LogP contribution < -0.4 is 0 Å². The highest BCUT2D eigenvalue weighted by Gasteiger charge is 2.15. The molecule has 0 heterocycles. The SMILES string of the molecule is CCS(=O)(=O)CCCC(O)c1cccc(F)c1Br. The summed E-state index contributed by atoms with van der Waals surface area (Å²) in [6.07, 6.45) is -0.205. The van der Waals surface area contributed by atoms with Crippen molar-refractivity contribution in [1.29, 1.82) is 0 Å². The molecular weight excluding hydrogens is 323 g/mol. The lowest BCUT2D eigenvalue weighted by atomic mass is 10.1. The van der Waals surface area contributed by atoms with Gasteiger partial charge in [-0.15, -0.1) is 0 Å². The lowest BCUT2D eigenvalue weighted by molar-refractivity contribution is 0.165. The van der Waals surface area contributed by atoms with Crippen molar-refractivity contribution in [1.82, 2.24) is 0 Å². The third-order valence-corrected chi connectivity index (χ3v) is 5.34. The van der Waals surface area contributed by atoms with Gasteiger partial charge in [-0.1, -0.05) is 19.1 Å². The first-order chi connectivity index (χ1) is 8.37. The van der Waals surface area contributed by atoms with Crippen LogP contribution in [0.3, 0.4) is 0 Å². The molecule has 1 unspecified atom stereocenters. The van der Waals surface area contributed by atoms with E-state index in [0.717, 1.165) is 0 Å². The van der Waals surface area contributed by atoms with E-state index in [9.17, 15) is 17.9 Å². The van der Waals surface area contributed by atoms with Gasteiger partial charge in [0.15, 0.2) is 0 Å². The monoisotopic (exact) mass is 338 g/mol. The van der Waals surface area contributed by atoms with Gasteiger partial charge in [-0.2, -0.15) is 0 Å². The molecule has 0 aliphatic rings. The molecule has 1 aromatic rings. The van der Waals surface area contributed by atoms with E-state index in [-0.39, 0.29) is 16.0 Å². The molecule has 3 nitrogen and oxygen atoms in total. The van der Waals surface area contributed by atoms with Crippen molar-refractivity contribution in [2.45, 2.75) is 25.9 Å². The molecule has 0 aliphatic heterocycles. The topological polar surface area (TPSA) is 54.4 Å². The third kappa shape index (κ3) is 4.33. The maximum absolute atomic E-state index is 13.3. The Morgan fingerprint density at radius 3 is 2.72 bits per heavy atom. The number of hydrogen-bond donors (Lipinski definition) is 1. The average molecular weight is 339 g/mol. The molecule has 1 rings (SSSR count). The maximum atomic E-state index is 13.3. The lowest BCUT2D eigenvalue weighted by Gasteiger charge is -2.13. The highest BCUT2D eigenvalue weighted by Crippen LogP contribution is 2.28. The van der Waals surface area contributed by atoms with E-state index in [1.165, 1.54) is 12.1 Å². The summed E-state index contributed by atoms with van der Waals surface area (Å²) in [7, 11) is -3.01. The van der Waals surface area contributed by atoms with Gasteiger partial charge in [0, 0.05) is 5.75 Å². The molecule has 0 saturated carbocycles. The van der Waals surface area contributed by atoms with Crippen molar-refractivity contribution >= 4 is 25.8 Å². The molecule has 6 heteroatoms. The predicted octanol–water partition coefficient (Wildman–Crippen LogP) is 2.84. The smallest absolute Gasteiger partial charge is 0.150 e. The summed E-state index contributed by atoms with van der Waals surface area (Å²) in [6, 6.07) is 4.43. The van der Waals surface area contributed by atoms with E-state index in [2.05, 4.69) is 15.9 Å². The Balaban J connectivity index is 2.61. The van der Waals surface area contributed by atoms with Gasteiger partial charge in [0.1, 0.15) is 15.7 Å². The molecule has 0 saturated heterocycles. The van der Waals surface area contributed by atoms with Gasteiger partial charge in [0.25, 0.3) is 0 Å². The summed E-state index contributed by atoms with van der Waals surface area (Å²) in [5.74, 6) is -0.284. The zero-order valence-corrected chi connectivity index (χ0v) is 12.5. The van der Waals surface area contributed by atoms with Crippen LogP contribution in [0, 0.1) is 5.82 Å². The number of rotatable bonds is 6. The summed E-state index contributed by atoms with van der Waals surface area (Å²) >= 11 is 3.07. The summed E-state index contributed by atoms with van der Waals surface area (Å²) < 4.78 is 36.1. The standard InChI is InChI=1S/C12H16BrFO3S/c1-2-18(16,17)8-4-7-11(15)9-5-3-6-10(14)12(9)13/h3,5-6,11,15H,2,4,7-8H2,1H3. The van der Waals surface area contributed by atoms with Crippen molar-refractivity contribution in [3.05, 3.63) is 34.1 Å². The van der Waals surface area contributed by atoms with Crippen molar-refractivity contribution in [2.24, 2.45) is 0 Å². The third-order valence-electron chi connectivity index (χ3n) is 2.71. The Labute approximate surface area is 115 Å². The number of aliphatic hydroxyl groups excluding tert-OH is 1. The average Bonchev–Trinajstić information content (AvgIpc) is 2.32. The number of benzene rings is 1. The van der Waals surface area contributed by atoms with Gasteiger partial charge in [-0.25, -0.2) is 12.8 Å². The van der Waals surface area contributed by atoms with Gasteiger partial charge in [0.05, 0.1) is 16.3 Å². The van der Waals surface area contributed by atoms with Gasteiger partial charge in [0.2, 0.25) is 0 Å². The predicted molar refractivity (Wildman–Crippen MR) is 72.6 cm³/mol. The van der Waals surface area contributed by atoms with Crippen LogP contribution in [0.4, 0.5) is 4.39 Å². The molecule has 0 bridgehead atoms. The minimum absolute atomic E-state index is 0.0491. The Kier molecular flexibility index (Phi) is 5.75. The molecule has 0 spiro atoms. The number of aliphatic hydroxyl groups is 1. The second-order valence-electron chi connectivity index (χ2n) is 4.04. The summed E-state index contributed by atoms with van der Waals surface area (Å²) in [5, 5.41) is 9.90. The first-order valence-electron chi connectivity index (χ1n) is 5.69. The highest BCUT2D eigenvalue weighted by molar-refractivity contribution is 9.10. The maximum Gasteiger partial charge on any atom is 0.150 e. The van der Waals surface area contributed by atoms with Gasteiger partial charge >= 0.3 is 0 Å². The van der Waals surface area contributed by atoms with Crippen molar-refractivity contribution in [3.8, 4) is 0 Å². The van der Waals surface area contributed by atoms with Crippen LogP contribution in [0.2, 0.25) is 0 Å². The summed E-state index contributed by atoms with van der Waals surface area (Å²) in [4.78, 5) is 0. The normalized spacial score (nSPS) is 13.6. The largest absolute Gasteiger partial charge is 0.388 e. The molecule has 18 heavy (non-hydrogen) atoms. The first-order valence-corrected chi connectivity index (χ1v) is 8.31. The molecule has 1 N–H and O–H groups in total. The van der Waals surface area contributed by atoms with Crippen molar-refractivity contribution in [2.75, 3.05) is 11.5 Å². The van der Waals surface area contributed by atoms with Crippen LogP contribution in [0.5, 0.6) is 0 Å². The molecule has 0 radical (unpaired) electrons. The van der Waals surface area contributed by atoms with Crippen LogP contribution in [0.1, 0.15) is 31.4 Å². The molecule has 0 amide bonds. The fourth-order valence-corrected chi connectivity index (χ4v) is 3.00. The van der Waals surface area contributed by atoms with Gasteiger partial charge < -0.3 is 5.11 Å². The van der Waals surface area contributed by atoms with Crippen LogP contribution >= 0.6 is 15.9 Å². The van der Waals surface area contributed by atoms with Crippen LogP contribution in [0.25, 0.3) is 0 Å². The quantitative estimate of drug-likeness (QED) is 0.867. The van der Waals surface area contributed by atoms with E-state index < -0.39 is 21.8 Å². The molecule has 1 atom stereocenters. The van der Waals surface area contributed by atoms with Crippen molar-refractivity contribution < 1.29 is 17.9 Å². The minimum Gasteiger partial charge on any atom is -0.388 e. The number of halogens is 2. The minimum atomic E-state index is -3.01. The second kappa shape index (κ2) is 6.63. The van der Waals surface area contributed by atoms with Crippen LogP contribution in [0.15, 0.2) is 22.7 Å².